The Kier molecular flexibility index (Phi) is 7.99. The van der Waals surface area contributed by atoms with Crippen LogP contribution in [0, 0.1) is 6.92 Å². The first-order valence-corrected chi connectivity index (χ1v) is 14.3. The Morgan fingerprint density at radius 1 is 1.02 bits per heavy atom. The summed E-state index contributed by atoms with van der Waals surface area (Å²) in [6.07, 6.45) is 1.78. The van der Waals surface area contributed by atoms with Gasteiger partial charge in [0.25, 0.3) is 10.0 Å². The van der Waals surface area contributed by atoms with Crippen molar-refractivity contribution < 1.29 is 23.1 Å². The van der Waals surface area contributed by atoms with E-state index in [4.69, 9.17) is 14.8 Å². The summed E-state index contributed by atoms with van der Waals surface area (Å²) in [7, 11) is -1.93. The van der Waals surface area contributed by atoms with Gasteiger partial charge in [-0.05, 0) is 79.7 Å². The molecule has 0 unspecified atom stereocenters. The van der Waals surface area contributed by atoms with Crippen LogP contribution in [-0.2, 0) is 27.9 Å². The number of aromatic nitrogens is 3. The summed E-state index contributed by atoms with van der Waals surface area (Å²) < 4.78 is 34.2. The number of aromatic amines is 1. The summed E-state index contributed by atoms with van der Waals surface area (Å²) in [6.45, 7) is 2.85. The molecule has 210 valence electrons. The molecule has 0 bridgehead atoms. The molecule has 41 heavy (non-hydrogen) atoms. The fourth-order valence-electron chi connectivity index (χ4n) is 4.55. The van der Waals surface area contributed by atoms with Crippen molar-refractivity contribution in [2.45, 2.75) is 24.9 Å². The highest BCUT2D eigenvalue weighted by atomic mass is 32.2. The maximum atomic E-state index is 13.2. The molecule has 3 N–H and O–H groups in total. The maximum absolute atomic E-state index is 13.2. The zero-order chi connectivity index (χ0) is 29.0. The van der Waals surface area contributed by atoms with Crippen LogP contribution in [0.3, 0.4) is 0 Å². The quantitative estimate of drug-likeness (QED) is 0.205. The number of carboxylic acid groups (broad SMARTS) is 1. The SMILES string of the molecule is Cc1cc(CN(C)Cc2ccccn2)c2nc(-c3ccccc3NS(=O)(=O)c3ccc(OCC(=O)O)cc3)[nH]c2c1. The van der Waals surface area contributed by atoms with Crippen molar-refractivity contribution in [3.63, 3.8) is 0 Å². The number of pyridine rings is 1. The highest BCUT2D eigenvalue weighted by Gasteiger charge is 2.19. The fourth-order valence-corrected chi connectivity index (χ4v) is 5.63. The zero-order valence-corrected chi connectivity index (χ0v) is 23.4. The third-order valence-corrected chi connectivity index (χ3v) is 7.71. The monoisotopic (exact) mass is 571 g/mol. The van der Waals surface area contributed by atoms with E-state index < -0.39 is 22.6 Å². The Hall–Kier alpha value is -4.74. The van der Waals surface area contributed by atoms with E-state index in [1.54, 1.807) is 24.4 Å². The van der Waals surface area contributed by atoms with Gasteiger partial charge >= 0.3 is 5.97 Å². The molecule has 0 atom stereocenters. The van der Waals surface area contributed by atoms with E-state index in [0.29, 0.717) is 30.2 Å². The smallest absolute Gasteiger partial charge is 0.341 e. The minimum absolute atomic E-state index is 0.00781. The number of H-pyrrole nitrogens is 1. The molecule has 10 nitrogen and oxygen atoms in total. The number of carboxylic acids is 1. The molecule has 2 aromatic heterocycles. The van der Waals surface area contributed by atoms with Gasteiger partial charge in [0, 0.05) is 24.8 Å². The summed E-state index contributed by atoms with van der Waals surface area (Å²) in [5.41, 5.74) is 5.74. The van der Waals surface area contributed by atoms with E-state index in [1.165, 1.54) is 24.3 Å². The lowest BCUT2D eigenvalue weighted by Crippen LogP contribution is -2.18. The second-order valence-electron chi connectivity index (χ2n) is 9.70. The van der Waals surface area contributed by atoms with Gasteiger partial charge in [-0.25, -0.2) is 18.2 Å². The van der Waals surface area contributed by atoms with E-state index in [-0.39, 0.29) is 10.6 Å². The van der Waals surface area contributed by atoms with Crippen LogP contribution in [0.15, 0.2) is 90.0 Å². The van der Waals surface area contributed by atoms with Gasteiger partial charge in [0.05, 0.1) is 27.3 Å². The van der Waals surface area contributed by atoms with Crippen molar-refractivity contribution in [1.82, 2.24) is 19.9 Å². The van der Waals surface area contributed by atoms with E-state index in [0.717, 1.165) is 27.9 Å². The Labute approximate surface area is 237 Å². The minimum Gasteiger partial charge on any atom is -0.482 e. The molecule has 2 heterocycles. The van der Waals surface area contributed by atoms with E-state index in [1.807, 2.05) is 44.3 Å². The van der Waals surface area contributed by atoms with Crippen molar-refractivity contribution in [2.75, 3.05) is 18.4 Å². The number of aliphatic carboxylic acids is 1. The molecule has 0 aliphatic heterocycles. The number of sulfonamides is 1. The lowest BCUT2D eigenvalue weighted by atomic mass is 10.1. The molecule has 11 heteroatoms. The van der Waals surface area contributed by atoms with Crippen molar-refractivity contribution in [1.29, 1.82) is 0 Å². The van der Waals surface area contributed by atoms with Gasteiger partial charge in [-0.3, -0.25) is 14.6 Å². The number of anilines is 1. The number of nitrogens with zero attached hydrogens (tertiary/aromatic N) is 3. The van der Waals surface area contributed by atoms with Crippen molar-refractivity contribution >= 4 is 32.7 Å². The van der Waals surface area contributed by atoms with E-state index in [9.17, 15) is 13.2 Å². The molecule has 0 spiro atoms. The number of carbonyl (C=O) groups is 1. The number of hydrogen-bond acceptors (Lipinski definition) is 7. The highest BCUT2D eigenvalue weighted by Crippen LogP contribution is 2.31. The van der Waals surface area contributed by atoms with Gasteiger partial charge in [0.15, 0.2) is 6.61 Å². The number of nitrogens with one attached hydrogen (secondary N) is 2. The first-order chi connectivity index (χ1) is 19.7. The summed E-state index contributed by atoms with van der Waals surface area (Å²) in [5, 5.41) is 8.77. The number of aryl methyl sites for hydroxylation is 1. The third-order valence-electron chi connectivity index (χ3n) is 6.33. The Balaban J connectivity index is 1.41. The van der Waals surface area contributed by atoms with Crippen LogP contribution >= 0.6 is 0 Å². The number of rotatable bonds is 11. The minimum atomic E-state index is -3.96. The number of fused-ring (bicyclic) bond motifs is 1. The topological polar surface area (TPSA) is 138 Å². The zero-order valence-electron chi connectivity index (χ0n) is 22.5. The molecule has 0 radical (unpaired) electrons. The molecule has 0 saturated carbocycles. The maximum Gasteiger partial charge on any atom is 0.341 e. The Morgan fingerprint density at radius 2 is 1.78 bits per heavy atom. The summed E-state index contributed by atoms with van der Waals surface area (Å²) in [4.78, 5) is 25.6. The predicted molar refractivity (Wildman–Crippen MR) is 156 cm³/mol. The summed E-state index contributed by atoms with van der Waals surface area (Å²) in [6, 6.07) is 22.6. The predicted octanol–water partition coefficient (Wildman–Crippen LogP) is 4.83. The number of para-hydroxylation sites is 1. The lowest BCUT2D eigenvalue weighted by Gasteiger charge is -2.17. The molecule has 0 aliphatic rings. The van der Waals surface area contributed by atoms with Crippen LogP contribution in [0.4, 0.5) is 5.69 Å². The van der Waals surface area contributed by atoms with Gasteiger partial charge in [-0.1, -0.05) is 24.3 Å². The van der Waals surface area contributed by atoms with Crippen LogP contribution in [-0.4, -0.2) is 53.0 Å². The summed E-state index contributed by atoms with van der Waals surface area (Å²) >= 11 is 0. The lowest BCUT2D eigenvalue weighted by molar-refractivity contribution is -0.139. The molecular weight excluding hydrogens is 542 g/mol. The molecule has 0 aliphatic carbocycles. The van der Waals surface area contributed by atoms with Gasteiger partial charge in [-0.15, -0.1) is 0 Å². The molecule has 5 rings (SSSR count). The second kappa shape index (κ2) is 11.8. The summed E-state index contributed by atoms with van der Waals surface area (Å²) in [5.74, 6) is -0.329. The van der Waals surface area contributed by atoms with Crippen molar-refractivity contribution in [3.05, 3.63) is 102 Å². The third kappa shape index (κ3) is 6.71. The largest absolute Gasteiger partial charge is 0.482 e. The Bertz CT molecular complexity index is 1790. The molecule has 0 amide bonds. The number of benzene rings is 3. The number of imidazole rings is 1. The van der Waals surface area contributed by atoms with Gasteiger partial charge in [0.2, 0.25) is 0 Å². The number of hydrogen-bond donors (Lipinski definition) is 3. The van der Waals surface area contributed by atoms with Crippen LogP contribution in [0.2, 0.25) is 0 Å². The second-order valence-corrected chi connectivity index (χ2v) is 11.4. The number of ether oxygens (including phenoxy) is 1. The molecule has 0 saturated heterocycles. The van der Waals surface area contributed by atoms with Crippen LogP contribution in [0.1, 0.15) is 16.8 Å². The fraction of sp³-hybridized carbons (Fsp3) is 0.167. The van der Waals surface area contributed by atoms with Gasteiger partial charge in [0.1, 0.15) is 11.6 Å². The molecule has 0 fully saturated rings. The van der Waals surface area contributed by atoms with Gasteiger partial charge < -0.3 is 14.8 Å². The molecular formula is C30H29N5O5S. The van der Waals surface area contributed by atoms with E-state index >= 15 is 0 Å². The van der Waals surface area contributed by atoms with Crippen LogP contribution < -0.4 is 9.46 Å². The van der Waals surface area contributed by atoms with E-state index in [2.05, 4.69) is 25.7 Å². The van der Waals surface area contributed by atoms with Crippen LogP contribution in [0.25, 0.3) is 22.4 Å². The van der Waals surface area contributed by atoms with Crippen molar-refractivity contribution in [3.8, 4) is 17.1 Å². The first kappa shape index (κ1) is 27.8. The average Bonchev–Trinajstić information content (AvgIpc) is 3.37. The van der Waals surface area contributed by atoms with Crippen LogP contribution in [0.5, 0.6) is 5.75 Å². The molecule has 5 aromatic rings. The van der Waals surface area contributed by atoms with Crippen molar-refractivity contribution in [2.24, 2.45) is 0 Å². The Morgan fingerprint density at radius 3 is 2.51 bits per heavy atom. The normalized spacial score (nSPS) is 11.6. The highest BCUT2D eigenvalue weighted by molar-refractivity contribution is 7.92. The first-order valence-electron chi connectivity index (χ1n) is 12.8. The van der Waals surface area contributed by atoms with Gasteiger partial charge in [-0.2, -0.15) is 0 Å². The average molecular weight is 572 g/mol. The molecule has 3 aromatic carbocycles. The standard InChI is InChI=1S/C30H29N5O5S/c1-20-15-21(17-35(2)18-22-7-5-6-14-31-22)29-27(16-20)32-30(33-29)25-8-3-4-9-26(25)34-41(38,39)24-12-10-23(11-13-24)40-19-28(36)37/h3-16,34H,17-19H2,1-2H3,(H,32,33)(H,36,37).